The van der Waals surface area contributed by atoms with Gasteiger partial charge in [0.1, 0.15) is 0 Å². The molecule has 2 N–H and O–H groups in total. The minimum Gasteiger partial charge on any atom is -0.393 e. The lowest BCUT2D eigenvalue weighted by Crippen LogP contribution is -2.26. The Balaban J connectivity index is 2.58. The number of hydrogen-bond acceptors (Lipinski definition) is 4. The molecule has 1 rings (SSSR count). The van der Waals surface area contributed by atoms with Crippen molar-refractivity contribution in [2.24, 2.45) is 5.92 Å². The fourth-order valence-corrected chi connectivity index (χ4v) is 2.80. The van der Waals surface area contributed by atoms with Crippen LogP contribution in [0.5, 0.6) is 0 Å². The molecule has 0 radical (unpaired) electrons. The van der Waals surface area contributed by atoms with Gasteiger partial charge in [0.05, 0.1) is 11.0 Å². The predicted octanol–water partition coefficient (Wildman–Crippen LogP) is 2.15. The minimum absolute atomic E-state index is 0.153. The van der Waals surface area contributed by atoms with Gasteiger partial charge in [-0.15, -0.1) is 0 Å². The third-order valence-electron chi connectivity index (χ3n) is 3.32. The third-order valence-corrected chi connectivity index (χ3v) is 4.45. The van der Waals surface area contributed by atoms with Crippen LogP contribution in [0.2, 0.25) is 0 Å². The van der Waals surface area contributed by atoms with Gasteiger partial charge >= 0.3 is 0 Å². The van der Waals surface area contributed by atoms with Gasteiger partial charge in [-0.3, -0.25) is 0 Å². The molecule has 114 valence electrons. The monoisotopic (exact) mass is 299 g/mol. The van der Waals surface area contributed by atoms with E-state index in [4.69, 9.17) is 0 Å². The van der Waals surface area contributed by atoms with Crippen molar-refractivity contribution < 1.29 is 13.5 Å². The van der Waals surface area contributed by atoms with Crippen molar-refractivity contribution in [3.05, 3.63) is 29.8 Å². The Kier molecular flexibility index (Phi) is 6.17. The first-order valence-corrected chi connectivity index (χ1v) is 8.80. The van der Waals surface area contributed by atoms with E-state index in [2.05, 4.69) is 12.2 Å². The van der Waals surface area contributed by atoms with Crippen molar-refractivity contribution in [1.29, 1.82) is 0 Å². The maximum atomic E-state index is 11.4. The van der Waals surface area contributed by atoms with Gasteiger partial charge in [0.15, 0.2) is 9.84 Å². The summed E-state index contributed by atoms with van der Waals surface area (Å²) < 4.78 is 22.8. The van der Waals surface area contributed by atoms with E-state index in [0.29, 0.717) is 10.8 Å². The molecule has 0 aliphatic carbocycles. The quantitative estimate of drug-likeness (QED) is 0.809. The number of aliphatic hydroxyl groups is 1. The van der Waals surface area contributed by atoms with Crippen LogP contribution in [0.1, 0.15) is 38.8 Å². The molecule has 1 aromatic carbocycles. The highest BCUT2D eigenvalue weighted by molar-refractivity contribution is 7.90. The Bertz CT molecular complexity index is 508. The van der Waals surface area contributed by atoms with Gasteiger partial charge < -0.3 is 10.4 Å². The Labute approximate surface area is 122 Å². The molecule has 0 spiro atoms. The van der Waals surface area contributed by atoms with Crippen LogP contribution in [-0.2, 0) is 9.84 Å². The SMILES string of the molecule is CC(O)CC(C)CNC(C)c1ccc(S(C)(=O)=O)cc1. The van der Waals surface area contributed by atoms with E-state index in [0.717, 1.165) is 18.5 Å². The van der Waals surface area contributed by atoms with Gasteiger partial charge in [0.2, 0.25) is 0 Å². The lowest BCUT2D eigenvalue weighted by Gasteiger charge is -2.19. The molecule has 20 heavy (non-hydrogen) atoms. The molecule has 0 saturated heterocycles. The average Bonchev–Trinajstić information content (AvgIpc) is 2.34. The Morgan fingerprint density at radius 1 is 1.15 bits per heavy atom. The molecule has 0 heterocycles. The molecule has 1 aromatic rings. The van der Waals surface area contributed by atoms with E-state index in [1.807, 2.05) is 19.1 Å². The summed E-state index contributed by atoms with van der Waals surface area (Å²) in [4.78, 5) is 0.343. The summed E-state index contributed by atoms with van der Waals surface area (Å²) in [6.07, 6.45) is 1.70. The molecule has 3 unspecified atom stereocenters. The number of nitrogens with one attached hydrogen (secondary N) is 1. The van der Waals surface area contributed by atoms with Crippen LogP contribution >= 0.6 is 0 Å². The van der Waals surface area contributed by atoms with Crippen molar-refractivity contribution >= 4 is 9.84 Å². The summed E-state index contributed by atoms with van der Waals surface area (Å²) in [5.74, 6) is 0.396. The summed E-state index contributed by atoms with van der Waals surface area (Å²) in [6, 6.07) is 7.12. The molecule has 4 nitrogen and oxygen atoms in total. The van der Waals surface area contributed by atoms with E-state index in [-0.39, 0.29) is 12.1 Å². The van der Waals surface area contributed by atoms with Crippen LogP contribution in [0.4, 0.5) is 0 Å². The number of hydrogen-bond donors (Lipinski definition) is 2. The van der Waals surface area contributed by atoms with Gasteiger partial charge in [0.25, 0.3) is 0 Å². The van der Waals surface area contributed by atoms with Crippen molar-refractivity contribution in [2.45, 2.75) is 44.2 Å². The molecule has 0 saturated carbocycles. The average molecular weight is 299 g/mol. The maximum Gasteiger partial charge on any atom is 0.175 e. The van der Waals surface area contributed by atoms with Crippen LogP contribution in [0.25, 0.3) is 0 Å². The highest BCUT2D eigenvalue weighted by Crippen LogP contribution is 2.17. The normalized spacial score (nSPS) is 16.6. The zero-order valence-electron chi connectivity index (χ0n) is 12.6. The van der Waals surface area contributed by atoms with E-state index >= 15 is 0 Å². The predicted molar refractivity (Wildman–Crippen MR) is 81.4 cm³/mol. The van der Waals surface area contributed by atoms with Crippen LogP contribution in [0.15, 0.2) is 29.2 Å². The molecule has 0 bridgehead atoms. The first-order valence-electron chi connectivity index (χ1n) is 6.91. The minimum atomic E-state index is -3.13. The van der Waals surface area contributed by atoms with Gasteiger partial charge in [-0.25, -0.2) is 8.42 Å². The van der Waals surface area contributed by atoms with Crippen LogP contribution in [-0.4, -0.2) is 32.4 Å². The topological polar surface area (TPSA) is 66.4 Å². The number of rotatable bonds is 7. The van der Waals surface area contributed by atoms with Crippen molar-refractivity contribution in [1.82, 2.24) is 5.32 Å². The fourth-order valence-electron chi connectivity index (χ4n) is 2.17. The molecule has 0 amide bonds. The Hall–Kier alpha value is -0.910. The van der Waals surface area contributed by atoms with Crippen LogP contribution < -0.4 is 5.32 Å². The largest absolute Gasteiger partial charge is 0.393 e. The molecule has 0 aliphatic heterocycles. The summed E-state index contributed by atoms with van der Waals surface area (Å²) in [6.45, 7) is 6.76. The molecule has 5 heteroatoms. The van der Waals surface area contributed by atoms with E-state index in [1.54, 1.807) is 19.1 Å². The second kappa shape index (κ2) is 7.20. The lowest BCUT2D eigenvalue weighted by atomic mass is 10.0. The molecule has 3 atom stereocenters. The second-order valence-corrected chi connectivity index (χ2v) is 7.68. The van der Waals surface area contributed by atoms with E-state index in [1.165, 1.54) is 6.26 Å². The highest BCUT2D eigenvalue weighted by atomic mass is 32.2. The van der Waals surface area contributed by atoms with Gasteiger partial charge in [-0.05, 0) is 50.4 Å². The van der Waals surface area contributed by atoms with Crippen LogP contribution in [0.3, 0.4) is 0 Å². The third kappa shape index (κ3) is 5.61. The first kappa shape index (κ1) is 17.1. The van der Waals surface area contributed by atoms with E-state index < -0.39 is 9.84 Å². The summed E-state index contributed by atoms with van der Waals surface area (Å²) in [7, 11) is -3.13. The number of aliphatic hydroxyl groups excluding tert-OH is 1. The zero-order chi connectivity index (χ0) is 15.3. The standard InChI is InChI=1S/C15H25NO3S/c1-11(9-12(2)17)10-16-13(3)14-5-7-15(8-6-14)20(4,18)19/h5-8,11-13,16-17H,9-10H2,1-4H3. The zero-order valence-corrected chi connectivity index (χ0v) is 13.4. The van der Waals surface area contributed by atoms with Gasteiger partial charge in [-0.1, -0.05) is 19.1 Å². The first-order chi connectivity index (χ1) is 9.20. The highest BCUT2D eigenvalue weighted by Gasteiger charge is 2.11. The fraction of sp³-hybridized carbons (Fsp3) is 0.600. The van der Waals surface area contributed by atoms with Crippen molar-refractivity contribution in [3.8, 4) is 0 Å². The van der Waals surface area contributed by atoms with E-state index in [9.17, 15) is 13.5 Å². The van der Waals surface area contributed by atoms with Crippen molar-refractivity contribution in [3.63, 3.8) is 0 Å². The van der Waals surface area contributed by atoms with Gasteiger partial charge in [-0.2, -0.15) is 0 Å². The van der Waals surface area contributed by atoms with Gasteiger partial charge in [0, 0.05) is 12.3 Å². The summed E-state index contributed by atoms with van der Waals surface area (Å²) in [5, 5.41) is 12.7. The molecular weight excluding hydrogens is 274 g/mol. The number of benzene rings is 1. The molecule has 0 aromatic heterocycles. The summed E-state index contributed by atoms with van der Waals surface area (Å²) >= 11 is 0. The molecule has 0 aliphatic rings. The molecular formula is C15H25NO3S. The molecule has 0 fully saturated rings. The van der Waals surface area contributed by atoms with Crippen LogP contribution in [0, 0.1) is 5.92 Å². The lowest BCUT2D eigenvalue weighted by molar-refractivity contribution is 0.162. The Morgan fingerprint density at radius 3 is 2.15 bits per heavy atom. The second-order valence-electron chi connectivity index (χ2n) is 5.66. The Morgan fingerprint density at radius 2 is 1.70 bits per heavy atom. The summed E-state index contributed by atoms with van der Waals surface area (Å²) in [5.41, 5.74) is 1.06. The number of sulfone groups is 1. The maximum absolute atomic E-state index is 11.4. The van der Waals surface area contributed by atoms with Crippen molar-refractivity contribution in [2.75, 3.05) is 12.8 Å². The smallest absolute Gasteiger partial charge is 0.175 e.